The van der Waals surface area contributed by atoms with Gasteiger partial charge in [0.15, 0.2) is 5.41 Å². The van der Waals surface area contributed by atoms with Crippen LogP contribution in [0.5, 0.6) is 0 Å². The molecule has 2 atom stereocenters. The first-order chi connectivity index (χ1) is 7.40. The van der Waals surface area contributed by atoms with Gasteiger partial charge in [-0.15, -0.1) is 0 Å². The van der Waals surface area contributed by atoms with Gasteiger partial charge in [0.05, 0.1) is 12.0 Å². The minimum atomic E-state index is -1.85. The molecule has 5 heteroatoms. The molecule has 0 radical (unpaired) electrons. The molecule has 0 aliphatic rings. The van der Waals surface area contributed by atoms with Crippen LogP contribution in [0.3, 0.4) is 0 Å². The van der Waals surface area contributed by atoms with Crippen LogP contribution in [0.25, 0.3) is 0 Å². The fourth-order valence-electron chi connectivity index (χ4n) is 1.53. The van der Waals surface area contributed by atoms with Crippen molar-refractivity contribution >= 4 is 11.9 Å². The van der Waals surface area contributed by atoms with Gasteiger partial charge in [0, 0.05) is 0 Å². The van der Waals surface area contributed by atoms with Crippen LogP contribution in [0.15, 0.2) is 0 Å². The Kier molecular flexibility index (Phi) is 5.51. The largest absolute Gasteiger partial charge is 0.481 e. The molecule has 0 saturated carbocycles. The van der Waals surface area contributed by atoms with E-state index in [4.69, 9.17) is 15.5 Å². The van der Waals surface area contributed by atoms with Gasteiger partial charge in [-0.3, -0.25) is 9.59 Å². The summed E-state index contributed by atoms with van der Waals surface area (Å²) in [5.41, 5.74) is -1.85. The Morgan fingerprint density at radius 2 is 1.94 bits per heavy atom. The Morgan fingerprint density at radius 1 is 1.38 bits per heavy atom. The Labute approximate surface area is 94.7 Å². The topological polar surface area (TPSA) is 98.4 Å². The summed E-state index contributed by atoms with van der Waals surface area (Å²) in [6.45, 7) is 3.14. The number of hydrogen-bond donors (Lipinski definition) is 2. The van der Waals surface area contributed by atoms with Gasteiger partial charge in [-0.05, 0) is 13.3 Å². The van der Waals surface area contributed by atoms with E-state index in [0.717, 1.165) is 12.8 Å². The second kappa shape index (κ2) is 6.11. The molecule has 0 aliphatic carbocycles. The lowest BCUT2D eigenvalue weighted by Gasteiger charge is -2.24. The molecule has 0 aliphatic heterocycles. The van der Waals surface area contributed by atoms with Crippen LogP contribution in [0, 0.1) is 22.7 Å². The smallest absolute Gasteiger partial charge is 0.324 e. The van der Waals surface area contributed by atoms with Gasteiger partial charge < -0.3 is 10.2 Å². The average Bonchev–Trinajstić information content (AvgIpc) is 2.22. The molecule has 0 rings (SSSR count). The summed E-state index contributed by atoms with van der Waals surface area (Å²) in [6.07, 6.45) is 2.60. The molecule has 16 heavy (non-hydrogen) atoms. The maximum Gasteiger partial charge on any atom is 0.324 e. The first-order valence-corrected chi connectivity index (χ1v) is 5.27. The molecular formula is C11H17NO4. The van der Waals surface area contributed by atoms with Crippen LogP contribution < -0.4 is 0 Å². The lowest BCUT2D eigenvalue weighted by Crippen LogP contribution is -2.39. The highest BCUT2D eigenvalue weighted by atomic mass is 16.4. The van der Waals surface area contributed by atoms with Crippen LogP contribution in [0.2, 0.25) is 0 Å². The van der Waals surface area contributed by atoms with Gasteiger partial charge in [0.25, 0.3) is 0 Å². The standard InChI is InChI=1S/C11H17NO4/c1-3-4-5-6-8(9(13)14)11(2,7-12)10(15)16/h8H,3-6H2,1-2H3,(H,13,14)(H,15,16). The second-order valence-electron chi connectivity index (χ2n) is 4.01. The van der Waals surface area contributed by atoms with Crippen LogP contribution in [0.4, 0.5) is 0 Å². The van der Waals surface area contributed by atoms with Gasteiger partial charge >= 0.3 is 11.9 Å². The Morgan fingerprint density at radius 3 is 2.25 bits per heavy atom. The minimum absolute atomic E-state index is 0.222. The number of aliphatic carboxylic acids is 2. The SMILES string of the molecule is CCCCCC(C(=O)O)C(C)(C#N)C(=O)O. The molecule has 0 fully saturated rings. The molecule has 0 bridgehead atoms. The fraction of sp³-hybridized carbons (Fsp3) is 0.727. The van der Waals surface area contributed by atoms with E-state index in [0.29, 0.717) is 6.42 Å². The third kappa shape index (κ3) is 3.23. The molecule has 0 aromatic rings. The number of carboxylic acid groups (broad SMARTS) is 2. The normalized spacial score (nSPS) is 15.8. The second-order valence-corrected chi connectivity index (χ2v) is 4.01. The molecule has 90 valence electrons. The molecule has 0 aromatic carbocycles. The zero-order chi connectivity index (χ0) is 12.8. The molecule has 0 amide bonds. The highest BCUT2D eigenvalue weighted by Crippen LogP contribution is 2.31. The number of hydrogen-bond acceptors (Lipinski definition) is 3. The van der Waals surface area contributed by atoms with Crippen molar-refractivity contribution < 1.29 is 19.8 Å². The van der Waals surface area contributed by atoms with Crippen molar-refractivity contribution in [2.75, 3.05) is 0 Å². The highest BCUT2D eigenvalue weighted by Gasteiger charge is 2.45. The van der Waals surface area contributed by atoms with Gasteiger partial charge in [0.2, 0.25) is 0 Å². The first-order valence-electron chi connectivity index (χ1n) is 5.27. The number of carboxylic acids is 2. The molecule has 2 N–H and O–H groups in total. The zero-order valence-electron chi connectivity index (χ0n) is 9.56. The summed E-state index contributed by atoms with van der Waals surface area (Å²) in [4.78, 5) is 21.9. The van der Waals surface area contributed by atoms with Crippen molar-refractivity contribution in [3.63, 3.8) is 0 Å². The maximum absolute atomic E-state index is 11.0. The Balaban J connectivity index is 4.83. The van der Waals surface area contributed by atoms with Crippen LogP contribution in [0.1, 0.15) is 39.5 Å². The first kappa shape index (κ1) is 14.4. The lowest BCUT2D eigenvalue weighted by atomic mass is 9.75. The van der Waals surface area contributed by atoms with E-state index in [1.54, 1.807) is 6.07 Å². The summed E-state index contributed by atoms with van der Waals surface area (Å²) in [5.74, 6) is -3.75. The van der Waals surface area contributed by atoms with Crippen molar-refractivity contribution in [3.8, 4) is 6.07 Å². The Bertz CT molecular complexity index is 308. The minimum Gasteiger partial charge on any atom is -0.481 e. The van der Waals surface area contributed by atoms with Gasteiger partial charge in [-0.2, -0.15) is 5.26 Å². The number of carbonyl (C=O) groups is 2. The van der Waals surface area contributed by atoms with Crippen molar-refractivity contribution in [2.24, 2.45) is 11.3 Å². The maximum atomic E-state index is 11.0. The van der Waals surface area contributed by atoms with E-state index >= 15 is 0 Å². The molecule has 2 unspecified atom stereocenters. The van der Waals surface area contributed by atoms with Crippen LogP contribution in [-0.4, -0.2) is 22.2 Å². The molecule has 0 saturated heterocycles. The quantitative estimate of drug-likeness (QED) is 0.647. The predicted octanol–water partition coefficient (Wildman–Crippen LogP) is 1.88. The van der Waals surface area contributed by atoms with Crippen LogP contribution in [-0.2, 0) is 9.59 Å². The molecular weight excluding hydrogens is 210 g/mol. The molecule has 0 heterocycles. The van der Waals surface area contributed by atoms with E-state index in [-0.39, 0.29) is 6.42 Å². The van der Waals surface area contributed by atoms with Gasteiger partial charge in [-0.1, -0.05) is 26.2 Å². The molecule has 0 spiro atoms. The van der Waals surface area contributed by atoms with Crippen LogP contribution >= 0.6 is 0 Å². The summed E-state index contributed by atoms with van der Waals surface area (Å²) in [7, 11) is 0. The number of nitrogens with zero attached hydrogens (tertiary/aromatic N) is 1. The van der Waals surface area contributed by atoms with E-state index in [1.807, 2.05) is 6.92 Å². The van der Waals surface area contributed by atoms with E-state index in [1.165, 1.54) is 6.92 Å². The predicted molar refractivity (Wildman–Crippen MR) is 56.6 cm³/mol. The fourth-order valence-corrected chi connectivity index (χ4v) is 1.53. The monoisotopic (exact) mass is 227 g/mol. The number of nitriles is 1. The summed E-state index contributed by atoms with van der Waals surface area (Å²) in [5, 5.41) is 26.7. The zero-order valence-corrected chi connectivity index (χ0v) is 9.56. The lowest BCUT2D eigenvalue weighted by molar-refractivity contribution is -0.157. The van der Waals surface area contributed by atoms with Gasteiger partial charge in [0.1, 0.15) is 0 Å². The molecule has 5 nitrogen and oxygen atoms in total. The van der Waals surface area contributed by atoms with Crippen molar-refractivity contribution in [1.29, 1.82) is 5.26 Å². The number of unbranched alkanes of at least 4 members (excludes halogenated alkanes) is 2. The van der Waals surface area contributed by atoms with E-state index in [9.17, 15) is 9.59 Å². The summed E-state index contributed by atoms with van der Waals surface area (Å²) in [6, 6.07) is 1.61. The van der Waals surface area contributed by atoms with Crippen molar-refractivity contribution in [2.45, 2.75) is 39.5 Å². The number of rotatable bonds is 7. The Hall–Kier alpha value is -1.57. The molecule has 0 aromatic heterocycles. The highest BCUT2D eigenvalue weighted by molar-refractivity contribution is 5.85. The third-order valence-corrected chi connectivity index (χ3v) is 2.77. The third-order valence-electron chi connectivity index (χ3n) is 2.77. The van der Waals surface area contributed by atoms with E-state index in [2.05, 4.69) is 0 Å². The van der Waals surface area contributed by atoms with E-state index < -0.39 is 23.3 Å². The van der Waals surface area contributed by atoms with Crippen molar-refractivity contribution in [1.82, 2.24) is 0 Å². The van der Waals surface area contributed by atoms with Crippen molar-refractivity contribution in [3.05, 3.63) is 0 Å². The average molecular weight is 227 g/mol. The summed E-state index contributed by atoms with van der Waals surface area (Å²) >= 11 is 0. The summed E-state index contributed by atoms with van der Waals surface area (Å²) < 4.78 is 0. The van der Waals surface area contributed by atoms with Gasteiger partial charge in [-0.25, -0.2) is 0 Å².